The Balaban J connectivity index is 2.42. The molecule has 1 aliphatic rings. The van der Waals surface area contributed by atoms with Gasteiger partial charge in [-0.3, -0.25) is 0 Å². The van der Waals surface area contributed by atoms with Crippen molar-refractivity contribution < 1.29 is 4.84 Å². The summed E-state index contributed by atoms with van der Waals surface area (Å²) in [6.07, 6.45) is 1.32. The Hall–Kier alpha value is -0.530. The van der Waals surface area contributed by atoms with Crippen molar-refractivity contribution in [1.82, 2.24) is 0 Å². The highest BCUT2D eigenvalue weighted by atomic mass is 16.6. The molecule has 1 rings (SSSR count). The van der Waals surface area contributed by atoms with Gasteiger partial charge in [-0.2, -0.15) is 0 Å². The van der Waals surface area contributed by atoms with Gasteiger partial charge < -0.3 is 4.84 Å². The molecule has 0 bridgehead atoms. The van der Waals surface area contributed by atoms with Gasteiger partial charge >= 0.3 is 0 Å². The number of nitrogens with zero attached hydrogens (tertiary/aromatic N) is 1. The van der Waals surface area contributed by atoms with Crippen LogP contribution in [0, 0.1) is 0 Å². The van der Waals surface area contributed by atoms with Crippen LogP contribution in [0.15, 0.2) is 5.16 Å². The summed E-state index contributed by atoms with van der Waals surface area (Å²) in [7, 11) is 0. The second-order valence-corrected chi connectivity index (χ2v) is 1.95. The third-order valence-electron chi connectivity index (χ3n) is 0.971. The molecule has 0 saturated carbocycles. The van der Waals surface area contributed by atoms with Gasteiger partial charge in [0.2, 0.25) is 0 Å². The Kier molecular flexibility index (Phi) is 1.01. The van der Waals surface area contributed by atoms with Crippen LogP contribution in [0.2, 0.25) is 0 Å². The van der Waals surface area contributed by atoms with Crippen molar-refractivity contribution >= 4 is 5.71 Å². The fraction of sp³-hybridized carbons (Fsp3) is 0.800. The maximum Gasteiger partial charge on any atom is 0.130 e. The average molecular weight is 99.1 g/mol. The quantitative estimate of drug-likeness (QED) is 0.446. The van der Waals surface area contributed by atoms with Gasteiger partial charge in [0.25, 0.3) is 0 Å². The third kappa shape index (κ3) is 0.918. The van der Waals surface area contributed by atoms with Crippen LogP contribution >= 0.6 is 0 Å². The molecule has 1 aliphatic heterocycles. The lowest BCUT2D eigenvalue weighted by Crippen LogP contribution is -1.97. The molecule has 40 valence electrons. The molecule has 0 aromatic rings. The van der Waals surface area contributed by atoms with Gasteiger partial charge in [-0.25, -0.2) is 0 Å². The van der Waals surface area contributed by atoms with Crippen molar-refractivity contribution in [1.29, 1.82) is 0 Å². The molecule has 2 nitrogen and oxygen atoms in total. The first kappa shape index (κ1) is 4.62. The predicted molar refractivity (Wildman–Crippen MR) is 28.3 cm³/mol. The van der Waals surface area contributed by atoms with Gasteiger partial charge in [0.15, 0.2) is 0 Å². The highest BCUT2D eigenvalue weighted by molar-refractivity contribution is 5.82. The van der Waals surface area contributed by atoms with Crippen molar-refractivity contribution in [2.75, 3.05) is 0 Å². The van der Waals surface area contributed by atoms with E-state index >= 15 is 0 Å². The summed E-state index contributed by atoms with van der Waals surface area (Å²) in [5.41, 5.74) is 1.10. The molecule has 1 heterocycles. The molecule has 0 amide bonds. The Labute approximate surface area is 43.2 Å². The lowest BCUT2D eigenvalue weighted by atomic mass is 10.2. The van der Waals surface area contributed by atoms with Gasteiger partial charge in [0.1, 0.15) is 6.10 Å². The number of hydrogen-bond acceptors (Lipinski definition) is 2. The van der Waals surface area contributed by atoms with E-state index in [2.05, 4.69) is 5.16 Å². The van der Waals surface area contributed by atoms with E-state index in [9.17, 15) is 0 Å². The first-order valence-electron chi connectivity index (χ1n) is 2.48. The summed E-state index contributed by atoms with van der Waals surface area (Å²) in [5, 5.41) is 3.73. The fourth-order valence-electron chi connectivity index (χ4n) is 0.670. The average Bonchev–Trinajstić information content (AvgIpc) is 1.87. The minimum atomic E-state index is 0.319. The number of oxime groups is 1. The second-order valence-electron chi connectivity index (χ2n) is 1.95. The molecule has 0 aliphatic carbocycles. The van der Waals surface area contributed by atoms with E-state index in [-0.39, 0.29) is 0 Å². The van der Waals surface area contributed by atoms with E-state index in [1.54, 1.807) is 0 Å². The van der Waals surface area contributed by atoms with Crippen molar-refractivity contribution in [3.63, 3.8) is 0 Å². The molecule has 7 heavy (non-hydrogen) atoms. The van der Waals surface area contributed by atoms with Gasteiger partial charge in [-0.15, -0.1) is 0 Å². The topological polar surface area (TPSA) is 21.6 Å². The van der Waals surface area contributed by atoms with Crippen LogP contribution in [0.5, 0.6) is 0 Å². The number of rotatable bonds is 0. The fourth-order valence-corrected chi connectivity index (χ4v) is 0.670. The van der Waals surface area contributed by atoms with Gasteiger partial charge in [0.05, 0.1) is 5.71 Å². The zero-order valence-electron chi connectivity index (χ0n) is 4.64. The highest BCUT2D eigenvalue weighted by Crippen LogP contribution is 2.07. The minimum absolute atomic E-state index is 0.319. The molecule has 0 aromatic heterocycles. The van der Waals surface area contributed by atoms with Gasteiger partial charge in [0, 0.05) is 6.42 Å². The normalized spacial score (nSPS) is 29.4. The Morgan fingerprint density at radius 1 is 1.86 bits per heavy atom. The molecule has 2 heteroatoms. The molecule has 0 radical (unpaired) electrons. The van der Waals surface area contributed by atoms with Gasteiger partial charge in [-0.05, 0) is 13.8 Å². The summed E-state index contributed by atoms with van der Waals surface area (Å²) >= 11 is 0. The summed E-state index contributed by atoms with van der Waals surface area (Å²) in [6.45, 7) is 3.99. The van der Waals surface area contributed by atoms with Crippen molar-refractivity contribution in [3.8, 4) is 0 Å². The molecule has 0 fully saturated rings. The van der Waals surface area contributed by atoms with Crippen molar-refractivity contribution in [2.45, 2.75) is 26.4 Å². The smallest absolute Gasteiger partial charge is 0.130 e. The van der Waals surface area contributed by atoms with E-state index in [1.165, 1.54) is 0 Å². The molecule has 1 atom stereocenters. The molecular formula is C5H9NO. The zero-order valence-corrected chi connectivity index (χ0v) is 4.64. The van der Waals surface area contributed by atoms with Crippen LogP contribution in [0.25, 0.3) is 0 Å². The summed E-state index contributed by atoms with van der Waals surface area (Å²) in [5.74, 6) is 0. The SMILES string of the molecule is CC1=NOC(C)C1. The predicted octanol–water partition coefficient (Wildman–Crippen LogP) is 1.17. The Morgan fingerprint density at radius 3 is 2.71 bits per heavy atom. The second kappa shape index (κ2) is 1.52. The van der Waals surface area contributed by atoms with E-state index in [1.807, 2.05) is 13.8 Å². The summed E-state index contributed by atoms with van der Waals surface area (Å²) in [6, 6.07) is 0. The lowest BCUT2D eigenvalue weighted by Gasteiger charge is -1.93. The summed E-state index contributed by atoms with van der Waals surface area (Å²) < 4.78 is 0. The largest absolute Gasteiger partial charge is 0.392 e. The molecule has 0 N–H and O–H groups in total. The van der Waals surface area contributed by atoms with Gasteiger partial charge in [-0.1, -0.05) is 5.16 Å². The summed E-state index contributed by atoms with van der Waals surface area (Å²) in [4.78, 5) is 4.85. The standard InChI is InChI=1S/C5H9NO/c1-4-3-5(2)7-6-4/h5H,3H2,1-2H3. The Bertz CT molecular complexity index is 98.3. The Morgan fingerprint density at radius 2 is 2.57 bits per heavy atom. The molecule has 0 aromatic carbocycles. The zero-order chi connectivity index (χ0) is 5.28. The van der Waals surface area contributed by atoms with Crippen molar-refractivity contribution in [2.24, 2.45) is 5.16 Å². The van der Waals surface area contributed by atoms with E-state index in [0.29, 0.717) is 6.10 Å². The van der Waals surface area contributed by atoms with Crippen LogP contribution in [0.1, 0.15) is 20.3 Å². The molecule has 0 spiro atoms. The maximum atomic E-state index is 4.85. The third-order valence-corrected chi connectivity index (χ3v) is 0.971. The first-order valence-corrected chi connectivity index (χ1v) is 2.48. The minimum Gasteiger partial charge on any atom is -0.392 e. The van der Waals surface area contributed by atoms with Crippen LogP contribution in [-0.4, -0.2) is 11.8 Å². The highest BCUT2D eigenvalue weighted by Gasteiger charge is 2.10. The van der Waals surface area contributed by atoms with Crippen LogP contribution < -0.4 is 0 Å². The van der Waals surface area contributed by atoms with E-state index < -0.39 is 0 Å². The van der Waals surface area contributed by atoms with Crippen LogP contribution in [0.3, 0.4) is 0 Å². The molecular weight excluding hydrogens is 90.1 g/mol. The monoisotopic (exact) mass is 99.1 g/mol. The maximum absolute atomic E-state index is 4.85. The number of hydrogen-bond donors (Lipinski definition) is 0. The first-order chi connectivity index (χ1) is 3.29. The molecule has 1 unspecified atom stereocenters. The van der Waals surface area contributed by atoms with E-state index in [0.717, 1.165) is 12.1 Å². The van der Waals surface area contributed by atoms with Crippen LogP contribution in [0.4, 0.5) is 0 Å². The van der Waals surface area contributed by atoms with Crippen molar-refractivity contribution in [3.05, 3.63) is 0 Å². The van der Waals surface area contributed by atoms with E-state index in [4.69, 9.17) is 4.84 Å². The van der Waals surface area contributed by atoms with Crippen LogP contribution in [-0.2, 0) is 4.84 Å². The molecule has 0 saturated heterocycles. The lowest BCUT2D eigenvalue weighted by molar-refractivity contribution is 0.0995.